The van der Waals surface area contributed by atoms with Crippen molar-refractivity contribution >= 4 is 11.6 Å². The minimum atomic E-state index is -0.405. The number of aromatic nitrogens is 3. The van der Waals surface area contributed by atoms with Gasteiger partial charge in [0.05, 0.1) is 19.0 Å². The lowest BCUT2D eigenvalue weighted by atomic mass is 10.3. The molecule has 21 heavy (non-hydrogen) atoms. The maximum Gasteiger partial charge on any atom is 0.355 e. The molecule has 0 spiro atoms. The Morgan fingerprint density at radius 1 is 1.29 bits per heavy atom. The number of pyridine rings is 2. The molecule has 3 rings (SSSR count). The van der Waals surface area contributed by atoms with Crippen molar-refractivity contribution in [3.05, 3.63) is 60.3 Å². The van der Waals surface area contributed by atoms with E-state index in [0.717, 1.165) is 5.69 Å². The minimum Gasteiger partial charge on any atom is -0.486 e. The second-order valence-electron chi connectivity index (χ2n) is 4.34. The van der Waals surface area contributed by atoms with E-state index < -0.39 is 5.97 Å². The molecule has 3 aromatic heterocycles. The van der Waals surface area contributed by atoms with Crippen molar-refractivity contribution in [2.24, 2.45) is 0 Å². The van der Waals surface area contributed by atoms with Crippen molar-refractivity contribution in [3.63, 3.8) is 0 Å². The molecule has 6 nitrogen and oxygen atoms in total. The third-order valence-electron chi connectivity index (χ3n) is 2.96. The van der Waals surface area contributed by atoms with Crippen molar-refractivity contribution in [1.29, 1.82) is 0 Å². The molecule has 0 aromatic carbocycles. The van der Waals surface area contributed by atoms with Crippen LogP contribution in [-0.2, 0) is 11.3 Å². The number of nitrogens with zero attached hydrogens (tertiary/aromatic N) is 3. The largest absolute Gasteiger partial charge is 0.486 e. The highest BCUT2D eigenvalue weighted by molar-refractivity contribution is 5.88. The third-order valence-corrected chi connectivity index (χ3v) is 2.96. The van der Waals surface area contributed by atoms with Gasteiger partial charge in [-0.25, -0.2) is 9.78 Å². The number of carbonyl (C=O) groups is 1. The molecule has 0 unspecified atom stereocenters. The van der Waals surface area contributed by atoms with Gasteiger partial charge < -0.3 is 9.47 Å². The van der Waals surface area contributed by atoms with Gasteiger partial charge in [0.2, 0.25) is 0 Å². The van der Waals surface area contributed by atoms with Crippen LogP contribution in [0.2, 0.25) is 0 Å². The number of ether oxygens (including phenoxy) is 2. The third kappa shape index (κ3) is 2.69. The quantitative estimate of drug-likeness (QED) is 0.686. The van der Waals surface area contributed by atoms with E-state index >= 15 is 0 Å². The summed E-state index contributed by atoms with van der Waals surface area (Å²) < 4.78 is 12.0. The smallest absolute Gasteiger partial charge is 0.355 e. The Kier molecular flexibility index (Phi) is 3.51. The summed E-state index contributed by atoms with van der Waals surface area (Å²) in [4.78, 5) is 20.1. The molecule has 0 amide bonds. The first kappa shape index (κ1) is 13.1. The fourth-order valence-corrected chi connectivity index (χ4v) is 1.99. The number of carbonyl (C=O) groups excluding carboxylic acids is 1. The summed E-state index contributed by atoms with van der Waals surface area (Å²) in [7, 11) is 1.35. The predicted molar refractivity (Wildman–Crippen MR) is 75.1 cm³/mol. The fourth-order valence-electron chi connectivity index (χ4n) is 1.99. The molecule has 3 heterocycles. The lowest BCUT2D eigenvalue weighted by Gasteiger charge is -2.02. The topological polar surface area (TPSA) is 65.7 Å². The average Bonchev–Trinajstić information content (AvgIpc) is 2.96. The van der Waals surface area contributed by atoms with E-state index in [1.807, 2.05) is 12.1 Å². The number of esters is 1. The zero-order chi connectivity index (χ0) is 14.7. The van der Waals surface area contributed by atoms with Crippen molar-refractivity contribution in [3.8, 4) is 5.75 Å². The van der Waals surface area contributed by atoms with Gasteiger partial charge in [0.15, 0.2) is 0 Å². The maximum absolute atomic E-state index is 11.7. The van der Waals surface area contributed by atoms with E-state index in [1.165, 1.54) is 7.11 Å². The van der Waals surface area contributed by atoms with Gasteiger partial charge in [-0.1, -0.05) is 6.07 Å². The first-order valence-corrected chi connectivity index (χ1v) is 6.36. The SMILES string of the molecule is COC(=O)c1cccc2nc(COc3cccnc3)cn12. The van der Waals surface area contributed by atoms with Gasteiger partial charge in [0.1, 0.15) is 23.7 Å². The number of rotatable bonds is 4. The van der Waals surface area contributed by atoms with Gasteiger partial charge >= 0.3 is 5.97 Å². The molecule has 3 aromatic rings. The summed E-state index contributed by atoms with van der Waals surface area (Å²) in [5.74, 6) is 0.264. The molecule has 0 bridgehead atoms. The highest BCUT2D eigenvalue weighted by Crippen LogP contribution is 2.13. The first-order chi connectivity index (χ1) is 10.3. The number of fused-ring (bicyclic) bond motifs is 1. The van der Waals surface area contributed by atoms with E-state index in [9.17, 15) is 4.79 Å². The van der Waals surface area contributed by atoms with Crippen molar-refractivity contribution in [2.75, 3.05) is 7.11 Å². The Labute approximate surface area is 121 Å². The Hall–Kier alpha value is -2.89. The Morgan fingerprint density at radius 2 is 2.19 bits per heavy atom. The lowest BCUT2D eigenvalue weighted by molar-refractivity contribution is 0.0592. The normalized spacial score (nSPS) is 10.5. The second kappa shape index (κ2) is 5.62. The molecule has 0 saturated carbocycles. The average molecular weight is 283 g/mol. The van der Waals surface area contributed by atoms with E-state index in [0.29, 0.717) is 23.7 Å². The Bertz CT molecular complexity index is 768. The minimum absolute atomic E-state index is 0.300. The summed E-state index contributed by atoms with van der Waals surface area (Å²) in [5, 5.41) is 0. The van der Waals surface area contributed by atoms with Gasteiger partial charge in [0.25, 0.3) is 0 Å². The van der Waals surface area contributed by atoms with Gasteiger partial charge in [0, 0.05) is 12.4 Å². The second-order valence-corrected chi connectivity index (χ2v) is 4.34. The molecule has 6 heteroatoms. The van der Waals surface area contributed by atoms with Crippen LogP contribution >= 0.6 is 0 Å². The first-order valence-electron chi connectivity index (χ1n) is 6.36. The number of hydrogen-bond acceptors (Lipinski definition) is 5. The molecular formula is C15H13N3O3. The van der Waals surface area contributed by atoms with Crippen LogP contribution in [0.4, 0.5) is 0 Å². The molecule has 0 radical (unpaired) electrons. The van der Waals surface area contributed by atoms with Crippen LogP contribution in [0.3, 0.4) is 0 Å². The highest BCUT2D eigenvalue weighted by Gasteiger charge is 2.12. The standard InChI is InChI=1S/C15H13N3O3/c1-20-15(19)13-5-2-6-14-17-11(9-18(13)14)10-21-12-4-3-7-16-8-12/h2-9H,10H2,1H3. The number of hydrogen-bond donors (Lipinski definition) is 0. The molecule has 0 atom stereocenters. The van der Waals surface area contributed by atoms with Gasteiger partial charge in [-0.2, -0.15) is 0 Å². The van der Waals surface area contributed by atoms with Gasteiger partial charge in [-0.05, 0) is 24.3 Å². The molecular weight excluding hydrogens is 270 g/mol. The van der Waals surface area contributed by atoms with Crippen molar-refractivity contribution in [1.82, 2.24) is 14.4 Å². The Balaban J connectivity index is 1.86. The predicted octanol–water partition coefficient (Wildman–Crippen LogP) is 2.09. The van der Waals surface area contributed by atoms with Crippen LogP contribution in [0.1, 0.15) is 16.2 Å². The molecule has 0 fully saturated rings. The van der Waals surface area contributed by atoms with Crippen LogP contribution in [0, 0.1) is 0 Å². The molecule has 0 aliphatic carbocycles. The molecule has 0 aliphatic rings. The number of imidazole rings is 1. The fraction of sp³-hybridized carbons (Fsp3) is 0.133. The van der Waals surface area contributed by atoms with Gasteiger partial charge in [-0.3, -0.25) is 9.38 Å². The van der Waals surface area contributed by atoms with E-state index in [-0.39, 0.29) is 0 Å². The van der Waals surface area contributed by atoms with E-state index in [4.69, 9.17) is 9.47 Å². The summed E-state index contributed by atoms with van der Waals surface area (Å²) in [6.45, 7) is 0.300. The van der Waals surface area contributed by atoms with E-state index in [1.54, 1.807) is 41.2 Å². The van der Waals surface area contributed by atoms with Crippen molar-refractivity contribution < 1.29 is 14.3 Å². The maximum atomic E-state index is 11.7. The summed E-state index contributed by atoms with van der Waals surface area (Å²) in [6, 6.07) is 8.89. The lowest BCUT2D eigenvalue weighted by Crippen LogP contribution is -2.07. The summed E-state index contributed by atoms with van der Waals surface area (Å²) >= 11 is 0. The van der Waals surface area contributed by atoms with Crippen LogP contribution in [0.15, 0.2) is 48.9 Å². The zero-order valence-electron chi connectivity index (χ0n) is 11.4. The molecule has 0 saturated heterocycles. The van der Waals surface area contributed by atoms with Crippen LogP contribution in [0.25, 0.3) is 5.65 Å². The van der Waals surface area contributed by atoms with E-state index in [2.05, 4.69) is 9.97 Å². The van der Waals surface area contributed by atoms with Crippen LogP contribution in [-0.4, -0.2) is 27.4 Å². The number of methoxy groups -OCH3 is 1. The van der Waals surface area contributed by atoms with Crippen molar-refractivity contribution in [2.45, 2.75) is 6.61 Å². The summed E-state index contributed by atoms with van der Waals surface area (Å²) in [5.41, 5.74) is 1.81. The van der Waals surface area contributed by atoms with Gasteiger partial charge in [-0.15, -0.1) is 0 Å². The monoisotopic (exact) mass is 283 g/mol. The summed E-state index contributed by atoms with van der Waals surface area (Å²) in [6.07, 6.45) is 5.08. The zero-order valence-corrected chi connectivity index (χ0v) is 11.4. The van der Waals surface area contributed by atoms with Crippen LogP contribution in [0.5, 0.6) is 5.75 Å². The molecule has 0 aliphatic heterocycles. The van der Waals surface area contributed by atoms with Crippen LogP contribution < -0.4 is 4.74 Å². The molecule has 0 N–H and O–H groups in total. The highest BCUT2D eigenvalue weighted by atomic mass is 16.5. The Morgan fingerprint density at radius 3 is 2.95 bits per heavy atom. The molecule has 106 valence electrons.